The number of ether oxygens (including phenoxy) is 2. The number of fused-ring (bicyclic) bond motifs is 1. The molecule has 0 fully saturated rings. The molecule has 6 heteroatoms. The first-order valence-corrected chi connectivity index (χ1v) is 9.77. The molecule has 1 heterocycles. The van der Waals surface area contributed by atoms with Crippen molar-refractivity contribution < 1.29 is 18.7 Å². The fourth-order valence-electron chi connectivity index (χ4n) is 3.47. The number of amides is 1. The summed E-state index contributed by atoms with van der Waals surface area (Å²) >= 11 is 0. The molecule has 0 saturated heterocycles. The monoisotopic (exact) mass is 406 g/mol. The van der Waals surface area contributed by atoms with Gasteiger partial charge in [0.05, 0.1) is 0 Å². The van der Waals surface area contributed by atoms with E-state index in [1.165, 1.54) is 19.1 Å². The molecule has 154 valence electrons. The highest BCUT2D eigenvalue weighted by molar-refractivity contribution is 5.88. The summed E-state index contributed by atoms with van der Waals surface area (Å²) < 4.78 is 24.2. The van der Waals surface area contributed by atoms with Crippen molar-refractivity contribution >= 4 is 11.6 Å². The number of carbonyl (C=O) groups excluding carboxylic acids is 1. The maximum Gasteiger partial charge on any atom is 0.231 e. The van der Waals surface area contributed by atoms with Crippen molar-refractivity contribution in [3.05, 3.63) is 89.2 Å². The number of anilines is 1. The SMILES string of the molecule is CC(=O)Nc1ccc(CN(Cc2ccc(F)cc2)Cc2ccc3c(c2)OCO3)cc1. The van der Waals surface area contributed by atoms with Gasteiger partial charge in [-0.2, -0.15) is 0 Å². The van der Waals surface area contributed by atoms with E-state index in [2.05, 4.69) is 10.2 Å². The van der Waals surface area contributed by atoms with Crippen molar-refractivity contribution in [3.63, 3.8) is 0 Å². The second kappa shape index (κ2) is 8.97. The summed E-state index contributed by atoms with van der Waals surface area (Å²) in [6, 6.07) is 20.3. The molecule has 1 N–H and O–H groups in total. The molecule has 0 spiro atoms. The van der Waals surface area contributed by atoms with Gasteiger partial charge >= 0.3 is 0 Å². The van der Waals surface area contributed by atoms with Crippen LogP contribution in [0.1, 0.15) is 23.6 Å². The van der Waals surface area contributed by atoms with Crippen LogP contribution in [0.5, 0.6) is 11.5 Å². The molecule has 4 rings (SSSR count). The third kappa shape index (κ3) is 5.15. The molecule has 0 saturated carbocycles. The molecule has 0 aliphatic carbocycles. The normalized spacial score (nSPS) is 12.2. The first kappa shape index (κ1) is 19.9. The number of benzene rings is 3. The molecule has 0 atom stereocenters. The van der Waals surface area contributed by atoms with Crippen molar-refractivity contribution in [1.29, 1.82) is 0 Å². The Hall–Kier alpha value is -3.38. The van der Waals surface area contributed by atoms with Crippen molar-refractivity contribution in [3.8, 4) is 11.5 Å². The fraction of sp³-hybridized carbons (Fsp3) is 0.208. The Kier molecular flexibility index (Phi) is 5.95. The van der Waals surface area contributed by atoms with Gasteiger partial charge in [-0.15, -0.1) is 0 Å². The second-order valence-corrected chi connectivity index (χ2v) is 7.34. The van der Waals surface area contributed by atoms with Crippen LogP contribution in [0.25, 0.3) is 0 Å². The zero-order valence-electron chi connectivity index (χ0n) is 16.7. The van der Waals surface area contributed by atoms with Crippen LogP contribution >= 0.6 is 0 Å². The van der Waals surface area contributed by atoms with Crippen LogP contribution in [0.2, 0.25) is 0 Å². The minimum Gasteiger partial charge on any atom is -0.454 e. The average molecular weight is 406 g/mol. The molecule has 5 nitrogen and oxygen atoms in total. The van der Waals surface area contributed by atoms with Crippen molar-refractivity contribution in [2.24, 2.45) is 0 Å². The van der Waals surface area contributed by atoms with Gasteiger partial charge in [-0.1, -0.05) is 30.3 Å². The van der Waals surface area contributed by atoms with Crippen LogP contribution in [-0.4, -0.2) is 17.6 Å². The number of rotatable bonds is 7. The van der Waals surface area contributed by atoms with Crippen LogP contribution in [-0.2, 0) is 24.4 Å². The Morgan fingerprint density at radius 3 is 2.10 bits per heavy atom. The number of halogens is 1. The van der Waals surface area contributed by atoms with Gasteiger partial charge in [-0.05, 0) is 53.1 Å². The van der Waals surface area contributed by atoms with Gasteiger partial charge in [0.25, 0.3) is 0 Å². The van der Waals surface area contributed by atoms with Crippen molar-refractivity contribution in [1.82, 2.24) is 4.90 Å². The van der Waals surface area contributed by atoms with Crippen LogP contribution in [0.4, 0.5) is 10.1 Å². The Morgan fingerprint density at radius 2 is 1.43 bits per heavy atom. The lowest BCUT2D eigenvalue weighted by Gasteiger charge is -2.23. The zero-order valence-corrected chi connectivity index (χ0v) is 16.7. The number of hydrogen-bond acceptors (Lipinski definition) is 4. The lowest BCUT2D eigenvalue weighted by molar-refractivity contribution is -0.114. The van der Waals surface area contributed by atoms with E-state index in [-0.39, 0.29) is 18.5 Å². The molecule has 3 aromatic rings. The van der Waals surface area contributed by atoms with Gasteiger partial charge in [-0.3, -0.25) is 9.69 Å². The fourth-order valence-corrected chi connectivity index (χ4v) is 3.47. The van der Waals surface area contributed by atoms with E-state index in [1.807, 2.05) is 54.6 Å². The third-order valence-electron chi connectivity index (χ3n) is 4.84. The smallest absolute Gasteiger partial charge is 0.231 e. The van der Waals surface area contributed by atoms with Gasteiger partial charge in [-0.25, -0.2) is 4.39 Å². The molecule has 0 aromatic heterocycles. The van der Waals surface area contributed by atoms with Gasteiger partial charge in [0.1, 0.15) is 5.82 Å². The minimum atomic E-state index is -0.241. The van der Waals surface area contributed by atoms with Crippen LogP contribution in [0.15, 0.2) is 66.7 Å². The summed E-state index contributed by atoms with van der Waals surface area (Å²) in [4.78, 5) is 13.5. The summed E-state index contributed by atoms with van der Waals surface area (Å²) in [5, 5.41) is 2.78. The lowest BCUT2D eigenvalue weighted by atomic mass is 10.1. The highest BCUT2D eigenvalue weighted by Crippen LogP contribution is 2.33. The first-order chi connectivity index (χ1) is 14.5. The largest absolute Gasteiger partial charge is 0.454 e. The van der Waals surface area contributed by atoms with E-state index in [9.17, 15) is 9.18 Å². The molecule has 0 unspecified atom stereocenters. The Balaban J connectivity index is 1.51. The summed E-state index contributed by atoms with van der Waals surface area (Å²) in [6.45, 7) is 3.80. The average Bonchev–Trinajstić information content (AvgIpc) is 3.19. The highest BCUT2D eigenvalue weighted by atomic mass is 19.1. The van der Waals surface area contributed by atoms with Gasteiger partial charge in [0.15, 0.2) is 11.5 Å². The van der Waals surface area contributed by atoms with Crippen LogP contribution in [0.3, 0.4) is 0 Å². The molecular weight excluding hydrogens is 383 g/mol. The standard InChI is InChI=1S/C24H23FN2O3/c1-17(28)26-22-9-4-19(5-10-22)14-27(13-18-2-7-21(25)8-3-18)15-20-6-11-23-24(12-20)30-16-29-23/h2-12H,13-16H2,1H3,(H,26,28). The summed E-state index contributed by atoms with van der Waals surface area (Å²) in [6.07, 6.45) is 0. The zero-order chi connectivity index (χ0) is 20.9. The summed E-state index contributed by atoms with van der Waals surface area (Å²) in [5.41, 5.74) is 4.03. The van der Waals surface area contributed by atoms with Crippen LogP contribution < -0.4 is 14.8 Å². The Bertz CT molecular complexity index is 1020. The minimum absolute atomic E-state index is 0.0940. The predicted octanol–water partition coefficient (Wildman–Crippen LogP) is 4.72. The molecule has 0 radical (unpaired) electrons. The van der Waals surface area contributed by atoms with E-state index in [4.69, 9.17) is 9.47 Å². The molecule has 0 bridgehead atoms. The molecule has 30 heavy (non-hydrogen) atoms. The maximum atomic E-state index is 13.3. The number of nitrogens with one attached hydrogen (secondary N) is 1. The predicted molar refractivity (Wildman–Crippen MR) is 113 cm³/mol. The number of carbonyl (C=O) groups is 1. The Morgan fingerprint density at radius 1 is 0.867 bits per heavy atom. The quantitative estimate of drug-likeness (QED) is 0.617. The lowest BCUT2D eigenvalue weighted by Crippen LogP contribution is -2.22. The van der Waals surface area contributed by atoms with Crippen LogP contribution in [0, 0.1) is 5.82 Å². The summed E-state index contributed by atoms with van der Waals surface area (Å²) in [7, 11) is 0. The van der Waals surface area contributed by atoms with Gasteiger partial charge < -0.3 is 14.8 Å². The molecule has 3 aromatic carbocycles. The van der Waals surface area contributed by atoms with E-state index in [0.29, 0.717) is 19.6 Å². The molecular formula is C24H23FN2O3. The summed E-state index contributed by atoms with van der Waals surface area (Å²) in [5.74, 6) is 1.18. The second-order valence-electron chi connectivity index (χ2n) is 7.34. The van der Waals surface area contributed by atoms with E-state index >= 15 is 0 Å². The molecule has 1 aliphatic heterocycles. The van der Waals surface area contributed by atoms with Crippen molar-refractivity contribution in [2.75, 3.05) is 12.1 Å². The number of nitrogens with zero attached hydrogens (tertiary/aromatic N) is 1. The number of hydrogen-bond donors (Lipinski definition) is 1. The first-order valence-electron chi connectivity index (χ1n) is 9.77. The Labute approximate surface area is 175 Å². The molecule has 1 aliphatic rings. The molecule has 1 amide bonds. The third-order valence-corrected chi connectivity index (χ3v) is 4.84. The van der Waals surface area contributed by atoms with E-state index in [1.54, 1.807) is 0 Å². The maximum absolute atomic E-state index is 13.3. The van der Waals surface area contributed by atoms with E-state index < -0.39 is 0 Å². The van der Waals surface area contributed by atoms with Crippen molar-refractivity contribution in [2.45, 2.75) is 26.6 Å². The van der Waals surface area contributed by atoms with Gasteiger partial charge in [0, 0.05) is 32.2 Å². The highest BCUT2D eigenvalue weighted by Gasteiger charge is 2.15. The van der Waals surface area contributed by atoms with E-state index in [0.717, 1.165) is 33.9 Å². The topological polar surface area (TPSA) is 50.8 Å². The van der Waals surface area contributed by atoms with Gasteiger partial charge in [0.2, 0.25) is 12.7 Å².